The zero-order valence-corrected chi connectivity index (χ0v) is 18.3. The Morgan fingerprint density at radius 1 is 1.30 bits per heavy atom. The predicted octanol–water partition coefficient (Wildman–Crippen LogP) is 2.99. The highest BCUT2D eigenvalue weighted by molar-refractivity contribution is 8.02. The van der Waals surface area contributed by atoms with Crippen LogP contribution in [0.2, 0.25) is 0 Å². The van der Waals surface area contributed by atoms with Crippen molar-refractivity contribution in [2.24, 2.45) is 0 Å². The van der Waals surface area contributed by atoms with Crippen LogP contribution in [0.4, 0.5) is 5.82 Å². The number of imidazole rings is 1. The number of pyridine rings is 1. The first-order chi connectivity index (χ1) is 14.4. The third-order valence-corrected chi connectivity index (χ3v) is 5.50. The summed E-state index contributed by atoms with van der Waals surface area (Å²) in [5.74, 6) is 2.66. The molecule has 0 fully saturated rings. The van der Waals surface area contributed by atoms with Crippen LogP contribution in [0.15, 0.2) is 29.3 Å². The number of nitrogens with one attached hydrogen (secondary N) is 1. The molecule has 1 aliphatic heterocycles. The molecular formula is C21H27N5O3S. The number of nitrogens with zero attached hydrogens (tertiary/aromatic N) is 3. The molecule has 8 nitrogen and oxygen atoms in total. The monoisotopic (exact) mass is 429 g/mol. The van der Waals surface area contributed by atoms with Gasteiger partial charge in [0.25, 0.3) is 0 Å². The van der Waals surface area contributed by atoms with Crippen LogP contribution in [0.25, 0.3) is 21.9 Å². The molecule has 0 saturated carbocycles. The molecule has 0 spiro atoms. The number of nitrogens with two attached hydrogens (primary N) is 1. The van der Waals surface area contributed by atoms with Crippen LogP contribution in [0, 0.1) is 0 Å². The van der Waals surface area contributed by atoms with E-state index in [9.17, 15) is 5.11 Å². The van der Waals surface area contributed by atoms with Gasteiger partial charge in [-0.1, -0.05) is 0 Å². The summed E-state index contributed by atoms with van der Waals surface area (Å²) in [6, 6.07) is 5.78. The van der Waals surface area contributed by atoms with E-state index in [0.717, 1.165) is 33.7 Å². The van der Waals surface area contributed by atoms with Crippen molar-refractivity contribution in [2.45, 2.75) is 39.5 Å². The maximum absolute atomic E-state index is 10.5. The summed E-state index contributed by atoms with van der Waals surface area (Å²) in [6.07, 6.45) is 0. The van der Waals surface area contributed by atoms with Crippen molar-refractivity contribution < 1.29 is 14.6 Å². The highest BCUT2D eigenvalue weighted by atomic mass is 32.2. The fourth-order valence-corrected chi connectivity index (χ4v) is 4.16. The number of thioether (sulfide) groups is 1. The highest BCUT2D eigenvalue weighted by Crippen LogP contribution is 2.32. The van der Waals surface area contributed by atoms with E-state index < -0.39 is 5.60 Å². The van der Waals surface area contributed by atoms with E-state index in [-0.39, 0.29) is 0 Å². The van der Waals surface area contributed by atoms with Crippen molar-refractivity contribution in [1.29, 1.82) is 0 Å². The summed E-state index contributed by atoms with van der Waals surface area (Å²) in [5, 5.41) is 16.7. The molecule has 4 N–H and O–H groups in total. The number of fused-ring (bicyclic) bond motifs is 3. The second-order valence-electron chi connectivity index (χ2n) is 7.86. The van der Waals surface area contributed by atoms with Crippen molar-refractivity contribution >= 4 is 39.5 Å². The standard InChI is InChI=1S/C21H27N5O3S/c1-4-28-9-17-25-18-19(26(17)11-21(2,3)27)15-6-5-14(7-16(15)24-20(18)22)29-8-13-10-30-12-23-13/h5-7,10,23,27H,4,8-9,11-12H2,1-3H3,(H2,22,24). The van der Waals surface area contributed by atoms with Crippen LogP contribution in [0.3, 0.4) is 0 Å². The minimum Gasteiger partial charge on any atom is -0.487 e. The molecule has 0 aliphatic carbocycles. The summed E-state index contributed by atoms with van der Waals surface area (Å²) in [4.78, 5) is 9.24. The molecule has 0 atom stereocenters. The first-order valence-corrected chi connectivity index (χ1v) is 11.0. The van der Waals surface area contributed by atoms with Crippen LogP contribution in [0.5, 0.6) is 5.75 Å². The number of hydrogen-bond acceptors (Lipinski definition) is 8. The van der Waals surface area contributed by atoms with E-state index in [0.29, 0.717) is 43.5 Å². The molecule has 4 rings (SSSR count). The fourth-order valence-electron chi connectivity index (χ4n) is 3.45. The van der Waals surface area contributed by atoms with E-state index in [1.165, 1.54) is 0 Å². The minimum atomic E-state index is -0.929. The quantitative estimate of drug-likeness (QED) is 0.502. The Bertz CT molecular complexity index is 1100. The Morgan fingerprint density at radius 3 is 2.83 bits per heavy atom. The molecule has 9 heteroatoms. The molecule has 30 heavy (non-hydrogen) atoms. The zero-order valence-electron chi connectivity index (χ0n) is 17.4. The van der Waals surface area contributed by atoms with Crippen LogP contribution in [-0.2, 0) is 17.9 Å². The third-order valence-electron chi connectivity index (χ3n) is 4.74. The van der Waals surface area contributed by atoms with Gasteiger partial charge < -0.3 is 30.2 Å². The average Bonchev–Trinajstić information content (AvgIpc) is 3.32. The van der Waals surface area contributed by atoms with Crippen LogP contribution >= 0.6 is 11.8 Å². The molecule has 1 aromatic carbocycles. The van der Waals surface area contributed by atoms with Gasteiger partial charge in [-0.3, -0.25) is 0 Å². The first-order valence-electron chi connectivity index (χ1n) is 9.91. The molecule has 3 heterocycles. The Hall–Kier alpha value is -2.49. The molecule has 0 radical (unpaired) electrons. The lowest BCUT2D eigenvalue weighted by atomic mass is 10.1. The van der Waals surface area contributed by atoms with E-state index in [4.69, 9.17) is 15.2 Å². The molecule has 0 amide bonds. The maximum Gasteiger partial charge on any atom is 0.152 e. The number of ether oxygens (including phenoxy) is 2. The van der Waals surface area contributed by atoms with Crippen molar-refractivity contribution in [1.82, 2.24) is 19.9 Å². The lowest BCUT2D eigenvalue weighted by Gasteiger charge is -2.20. The van der Waals surface area contributed by atoms with Gasteiger partial charge in [0.1, 0.15) is 30.3 Å². The average molecular weight is 430 g/mol. The van der Waals surface area contributed by atoms with E-state index in [1.807, 2.05) is 29.7 Å². The predicted molar refractivity (Wildman–Crippen MR) is 120 cm³/mol. The second kappa shape index (κ2) is 8.33. The van der Waals surface area contributed by atoms with Crippen molar-refractivity contribution in [2.75, 3.05) is 24.8 Å². The van der Waals surface area contributed by atoms with E-state index >= 15 is 0 Å². The van der Waals surface area contributed by atoms with E-state index in [1.54, 1.807) is 25.6 Å². The van der Waals surface area contributed by atoms with E-state index in [2.05, 4.69) is 20.7 Å². The van der Waals surface area contributed by atoms with Gasteiger partial charge in [-0.25, -0.2) is 9.97 Å². The normalized spacial score (nSPS) is 14.3. The van der Waals surface area contributed by atoms with Gasteiger partial charge >= 0.3 is 0 Å². The van der Waals surface area contributed by atoms with Gasteiger partial charge in [0.2, 0.25) is 0 Å². The van der Waals surface area contributed by atoms with Gasteiger partial charge in [0, 0.05) is 18.1 Å². The van der Waals surface area contributed by atoms with Gasteiger partial charge in [0.15, 0.2) is 5.82 Å². The zero-order chi connectivity index (χ0) is 21.3. The van der Waals surface area contributed by atoms with Crippen LogP contribution < -0.4 is 15.8 Å². The number of aliphatic hydroxyl groups is 1. The second-order valence-corrected chi connectivity index (χ2v) is 8.71. The Labute approximate surface area is 179 Å². The summed E-state index contributed by atoms with van der Waals surface area (Å²) in [7, 11) is 0. The first kappa shape index (κ1) is 20.8. The van der Waals surface area contributed by atoms with Gasteiger partial charge in [0.05, 0.1) is 34.8 Å². The number of nitrogen functional groups attached to an aromatic ring is 1. The van der Waals surface area contributed by atoms with Crippen molar-refractivity contribution in [3.63, 3.8) is 0 Å². The van der Waals surface area contributed by atoms with Crippen LogP contribution in [0.1, 0.15) is 26.6 Å². The lowest BCUT2D eigenvalue weighted by molar-refractivity contribution is 0.0582. The Balaban J connectivity index is 1.79. The Kier molecular flexibility index (Phi) is 5.77. The Morgan fingerprint density at radius 2 is 2.13 bits per heavy atom. The smallest absolute Gasteiger partial charge is 0.152 e. The fraction of sp³-hybridized carbons (Fsp3) is 0.429. The van der Waals surface area contributed by atoms with Gasteiger partial charge in [-0.05, 0) is 38.3 Å². The molecule has 160 valence electrons. The van der Waals surface area contributed by atoms with Crippen molar-refractivity contribution in [3.05, 3.63) is 35.1 Å². The number of rotatable bonds is 8. The number of anilines is 1. The lowest BCUT2D eigenvalue weighted by Crippen LogP contribution is -2.27. The van der Waals surface area contributed by atoms with Crippen LogP contribution in [-0.4, -0.2) is 44.3 Å². The summed E-state index contributed by atoms with van der Waals surface area (Å²) < 4.78 is 13.5. The summed E-state index contributed by atoms with van der Waals surface area (Å²) in [6.45, 7) is 7.23. The summed E-state index contributed by atoms with van der Waals surface area (Å²) in [5.41, 5.74) is 8.59. The number of aromatic nitrogens is 3. The highest BCUT2D eigenvalue weighted by Gasteiger charge is 2.22. The minimum absolute atomic E-state index is 0.337. The molecule has 3 aromatic rings. The number of hydrogen-bond donors (Lipinski definition) is 3. The molecule has 0 saturated heterocycles. The molecule has 0 bridgehead atoms. The maximum atomic E-state index is 10.5. The SMILES string of the molecule is CCOCc1nc2c(N)nc3cc(OCC4=CSCN4)ccc3c2n1CC(C)(C)O. The summed E-state index contributed by atoms with van der Waals surface area (Å²) >= 11 is 1.71. The molecular weight excluding hydrogens is 402 g/mol. The largest absolute Gasteiger partial charge is 0.487 e. The molecule has 0 unspecified atom stereocenters. The van der Waals surface area contributed by atoms with Gasteiger partial charge in [-0.15, -0.1) is 11.8 Å². The topological polar surface area (TPSA) is 107 Å². The van der Waals surface area contributed by atoms with Gasteiger partial charge in [-0.2, -0.15) is 0 Å². The number of benzene rings is 1. The third kappa shape index (κ3) is 4.33. The molecule has 2 aromatic heterocycles. The molecule has 1 aliphatic rings. The van der Waals surface area contributed by atoms with Crippen molar-refractivity contribution in [3.8, 4) is 5.75 Å².